The maximum atomic E-state index is 13.9. The molecule has 202 valence electrons. The Morgan fingerprint density at radius 1 is 1.16 bits per heavy atom. The van der Waals surface area contributed by atoms with Gasteiger partial charge in [0.2, 0.25) is 0 Å². The lowest BCUT2D eigenvalue weighted by molar-refractivity contribution is 0.0699. The molecule has 2 atom stereocenters. The maximum absolute atomic E-state index is 13.9. The first-order chi connectivity index (χ1) is 17.8. The molecule has 0 aromatic carbocycles. The van der Waals surface area contributed by atoms with Crippen molar-refractivity contribution < 1.29 is 4.79 Å². The fraction of sp³-hybridized carbons (Fsp3) is 0.600. The molecule has 0 radical (unpaired) electrons. The van der Waals surface area contributed by atoms with Gasteiger partial charge in [0.15, 0.2) is 0 Å². The van der Waals surface area contributed by atoms with Crippen LogP contribution >= 0.6 is 22.6 Å². The highest BCUT2D eigenvalue weighted by Gasteiger charge is 2.30. The molecule has 7 heteroatoms. The average Bonchev–Trinajstić information content (AvgIpc) is 3.30. The van der Waals surface area contributed by atoms with Crippen LogP contribution in [0.1, 0.15) is 89.2 Å². The van der Waals surface area contributed by atoms with Gasteiger partial charge in [0, 0.05) is 32.4 Å². The summed E-state index contributed by atoms with van der Waals surface area (Å²) in [5, 5.41) is 0. The number of hydrogen-bond acceptors (Lipinski definition) is 4. The van der Waals surface area contributed by atoms with Gasteiger partial charge >= 0.3 is 0 Å². The fourth-order valence-corrected chi connectivity index (χ4v) is 5.89. The highest BCUT2D eigenvalue weighted by molar-refractivity contribution is 14.1. The molecule has 2 fully saturated rings. The third-order valence-electron chi connectivity index (χ3n) is 7.49. The molecular formula is C30H44IN5O. The number of aryl methyl sites for hydroxylation is 1. The van der Waals surface area contributed by atoms with Crippen LogP contribution in [0.5, 0.6) is 0 Å². The highest BCUT2D eigenvalue weighted by atomic mass is 127. The van der Waals surface area contributed by atoms with E-state index in [0.717, 1.165) is 78.2 Å². The molecule has 0 unspecified atom stereocenters. The molecule has 3 rings (SSSR count). The summed E-state index contributed by atoms with van der Waals surface area (Å²) in [5.74, 6) is 1.74. The van der Waals surface area contributed by atoms with Gasteiger partial charge in [-0.25, -0.2) is 9.98 Å². The molecule has 0 spiro atoms. The van der Waals surface area contributed by atoms with E-state index in [4.69, 9.17) is 9.98 Å². The van der Waals surface area contributed by atoms with Crippen molar-refractivity contribution in [3.63, 3.8) is 0 Å². The zero-order valence-corrected chi connectivity index (χ0v) is 25.7. The van der Waals surface area contributed by atoms with Gasteiger partial charge in [0.05, 0.1) is 11.8 Å². The number of halogens is 1. The summed E-state index contributed by atoms with van der Waals surface area (Å²) >= 11 is 2.21. The summed E-state index contributed by atoms with van der Waals surface area (Å²) in [6.07, 6.45) is 11.6. The standard InChI is InChI=1S/C30H44IN5O/c1-7-22(4)29(35-16-14-21(3)20-35)33-23(5)17-25(32-6)27-13-11-9-10-12-15-36(27)30(37)26-18-24(8-2)19-28(31)34-26/h7,17-19,21,27H,8-16,20H2,1-6H3/b22-7-,23-17+,32-25?,33-29-/t21-,27-/m0/s1. The number of aromatic nitrogens is 1. The monoisotopic (exact) mass is 617 g/mol. The number of carbonyl (C=O) groups excluding carboxylic acids is 1. The van der Waals surface area contributed by atoms with Crippen LogP contribution in [0.25, 0.3) is 0 Å². The molecule has 37 heavy (non-hydrogen) atoms. The second-order valence-corrected chi connectivity index (χ2v) is 11.5. The predicted octanol–water partition coefficient (Wildman–Crippen LogP) is 6.70. The van der Waals surface area contributed by atoms with Crippen LogP contribution in [0.2, 0.25) is 0 Å². The Labute approximate surface area is 237 Å². The van der Waals surface area contributed by atoms with E-state index >= 15 is 0 Å². The van der Waals surface area contributed by atoms with E-state index in [1.165, 1.54) is 18.4 Å². The van der Waals surface area contributed by atoms with Gasteiger partial charge in [-0.05, 0) is 104 Å². The van der Waals surface area contributed by atoms with Crippen molar-refractivity contribution >= 4 is 40.0 Å². The van der Waals surface area contributed by atoms with E-state index in [1.54, 1.807) is 0 Å². The smallest absolute Gasteiger partial charge is 0.273 e. The van der Waals surface area contributed by atoms with E-state index in [0.29, 0.717) is 11.6 Å². The molecule has 2 aliphatic rings. The first kappa shape index (κ1) is 29.5. The van der Waals surface area contributed by atoms with Gasteiger partial charge in [-0.15, -0.1) is 0 Å². The molecular weight excluding hydrogens is 573 g/mol. The number of amidine groups is 1. The SMILES string of the molecule is C\C=C(C)/C(=N/C(C)=C/C(=NC)[C@@H]1CCCCCCN1C(=O)c1cc(CC)cc(I)n1)N1CC[C@H](C)C1. The molecule has 2 aliphatic heterocycles. The van der Waals surface area contributed by atoms with Crippen LogP contribution in [0.4, 0.5) is 0 Å². The number of pyridine rings is 1. The Bertz CT molecular complexity index is 1070. The normalized spacial score (nSPS) is 22.8. The minimum Gasteiger partial charge on any atom is -0.356 e. The highest BCUT2D eigenvalue weighted by Crippen LogP contribution is 2.23. The van der Waals surface area contributed by atoms with E-state index in [1.807, 2.05) is 18.0 Å². The lowest BCUT2D eigenvalue weighted by Crippen LogP contribution is -2.46. The minimum absolute atomic E-state index is 0.00678. The topological polar surface area (TPSA) is 61.2 Å². The lowest BCUT2D eigenvalue weighted by Gasteiger charge is -2.34. The summed E-state index contributed by atoms with van der Waals surface area (Å²) < 4.78 is 0.862. The molecule has 0 bridgehead atoms. The van der Waals surface area contributed by atoms with E-state index in [-0.39, 0.29) is 11.9 Å². The van der Waals surface area contributed by atoms with Gasteiger partial charge in [-0.1, -0.05) is 39.2 Å². The summed E-state index contributed by atoms with van der Waals surface area (Å²) in [6.45, 7) is 13.5. The molecule has 1 aromatic heterocycles. The van der Waals surface area contributed by atoms with Gasteiger partial charge in [-0.2, -0.15) is 0 Å². The number of nitrogens with zero attached hydrogens (tertiary/aromatic N) is 5. The Morgan fingerprint density at radius 3 is 2.57 bits per heavy atom. The van der Waals surface area contributed by atoms with Crippen molar-refractivity contribution in [1.29, 1.82) is 0 Å². The third kappa shape index (κ3) is 7.98. The number of amides is 1. The zero-order valence-electron chi connectivity index (χ0n) is 23.6. The van der Waals surface area contributed by atoms with E-state index in [2.05, 4.69) is 85.3 Å². The molecule has 0 saturated carbocycles. The second-order valence-electron chi connectivity index (χ2n) is 10.4. The van der Waals surface area contributed by atoms with Crippen molar-refractivity contribution in [3.8, 4) is 0 Å². The summed E-state index contributed by atoms with van der Waals surface area (Å²) in [4.78, 5) is 32.7. The van der Waals surface area contributed by atoms with Crippen molar-refractivity contribution in [2.45, 2.75) is 85.6 Å². The molecule has 3 heterocycles. The van der Waals surface area contributed by atoms with Crippen LogP contribution in [0.15, 0.2) is 45.5 Å². The van der Waals surface area contributed by atoms with Crippen LogP contribution in [-0.2, 0) is 6.42 Å². The number of carbonyl (C=O) groups is 1. The number of allylic oxidation sites excluding steroid dienone is 2. The van der Waals surface area contributed by atoms with Gasteiger partial charge in [0.1, 0.15) is 15.2 Å². The zero-order chi connectivity index (χ0) is 26.9. The molecule has 0 aliphatic carbocycles. The van der Waals surface area contributed by atoms with Gasteiger partial charge in [-0.3, -0.25) is 9.79 Å². The van der Waals surface area contributed by atoms with Crippen molar-refractivity contribution in [3.05, 3.63) is 50.5 Å². The third-order valence-corrected chi connectivity index (χ3v) is 8.05. The summed E-state index contributed by atoms with van der Waals surface area (Å²) in [7, 11) is 1.84. The molecule has 1 aromatic rings. The molecule has 0 N–H and O–H groups in total. The maximum Gasteiger partial charge on any atom is 0.273 e. The Morgan fingerprint density at radius 2 is 1.92 bits per heavy atom. The second kappa shape index (κ2) is 14.2. The van der Waals surface area contributed by atoms with Crippen LogP contribution in [-0.4, -0.2) is 65.0 Å². The Kier molecular flexibility index (Phi) is 11.3. The van der Waals surface area contributed by atoms with Crippen LogP contribution < -0.4 is 0 Å². The first-order valence-corrected chi connectivity index (χ1v) is 14.9. The molecule has 1 amide bonds. The van der Waals surface area contributed by atoms with E-state index in [9.17, 15) is 4.79 Å². The lowest BCUT2D eigenvalue weighted by atomic mass is 9.97. The van der Waals surface area contributed by atoms with Crippen LogP contribution in [0, 0.1) is 9.62 Å². The first-order valence-electron chi connectivity index (χ1n) is 13.9. The molecule has 6 nitrogen and oxygen atoms in total. The van der Waals surface area contributed by atoms with Crippen molar-refractivity contribution in [1.82, 2.24) is 14.8 Å². The number of likely N-dealkylation sites (tertiary alicyclic amines) is 2. The molecule has 2 saturated heterocycles. The van der Waals surface area contributed by atoms with Gasteiger partial charge < -0.3 is 9.80 Å². The Hall–Kier alpha value is -2.03. The fourth-order valence-electron chi connectivity index (χ4n) is 5.23. The number of rotatable bonds is 6. The van der Waals surface area contributed by atoms with Gasteiger partial charge in [0.25, 0.3) is 5.91 Å². The summed E-state index contributed by atoms with van der Waals surface area (Å²) in [5.41, 5.74) is 4.72. The average molecular weight is 618 g/mol. The number of aliphatic imine (C=N–C) groups is 2. The quantitative estimate of drug-likeness (QED) is 0.154. The predicted molar refractivity (Wildman–Crippen MR) is 164 cm³/mol. The summed E-state index contributed by atoms with van der Waals surface area (Å²) in [6, 6.07) is 3.93. The van der Waals surface area contributed by atoms with Crippen LogP contribution in [0.3, 0.4) is 0 Å². The Balaban J connectivity index is 1.95. The van der Waals surface area contributed by atoms with Crippen molar-refractivity contribution in [2.75, 3.05) is 26.7 Å². The van der Waals surface area contributed by atoms with E-state index < -0.39 is 0 Å². The number of hydrogen-bond donors (Lipinski definition) is 0. The minimum atomic E-state index is -0.0780. The largest absolute Gasteiger partial charge is 0.356 e. The van der Waals surface area contributed by atoms with Crippen molar-refractivity contribution in [2.24, 2.45) is 15.9 Å².